The summed E-state index contributed by atoms with van der Waals surface area (Å²) in [5.41, 5.74) is 1.94. The number of anilines is 3. The third-order valence-corrected chi connectivity index (χ3v) is 4.19. The van der Waals surface area contributed by atoms with Crippen molar-refractivity contribution >= 4 is 29.1 Å². The molecule has 1 aromatic heterocycles. The van der Waals surface area contributed by atoms with E-state index in [0.29, 0.717) is 11.8 Å². The van der Waals surface area contributed by atoms with Gasteiger partial charge in [-0.05, 0) is 31.7 Å². The molecule has 1 fully saturated rings. The lowest BCUT2D eigenvalue weighted by atomic mass is 10.2. The van der Waals surface area contributed by atoms with Crippen molar-refractivity contribution < 1.29 is 0 Å². The second-order valence-electron chi connectivity index (χ2n) is 5.52. The minimum Gasteiger partial charge on any atom is -0.339 e. The molecule has 1 saturated heterocycles. The number of aryl methyl sites for hydroxylation is 1. The van der Waals surface area contributed by atoms with Gasteiger partial charge in [-0.25, -0.2) is 0 Å². The number of nitrogens with zero attached hydrogens (tertiary/aromatic N) is 5. The monoisotopic (exact) mass is 318 g/mol. The summed E-state index contributed by atoms with van der Waals surface area (Å²) < 4.78 is 0. The molecule has 1 aromatic carbocycles. The molecule has 0 atom stereocenters. The smallest absolute Gasteiger partial charge is 0.247 e. The van der Waals surface area contributed by atoms with Crippen LogP contribution in [0.1, 0.15) is 5.56 Å². The predicted octanol–water partition coefficient (Wildman–Crippen LogP) is 2.33. The lowest BCUT2D eigenvalue weighted by molar-refractivity contribution is 0.311. The molecular weight excluding hydrogens is 300 g/mol. The maximum absolute atomic E-state index is 6.15. The zero-order valence-electron chi connectivity index (χ0n) is 12.8. The van der Waals surface area contributed by atoms with Gasteiger partial charge in [0, 0.05) is 36.9 Å². The minimum atomic E-state index is 0.663. The van der Waals surface area contributed by atoms with Crippen LogP contribution in [0.3, 0.4) is 0 Å². The number of benzene rings is 1. The number of likely N-dealkylation sites (N-methyl/N-ethyl adjacent to an activating group) is 1. The van der Waals surface area contributed by atoms with Crippen LogP contribution >= 0.6 is 11.6 Å². The second-order valence-corrected chi connectivity index (χ2v) is 5.93. The van der Waals surface area contributed by atoms with E-state index >= 15 is 0 Å². The van der Waals surface area contributed by atoms with Crippen molar-refractivity contribution in [1.82, 2.24) is 20.1 Å². The highest BCUT2D eigenvalue weighted by Crippen LogP contribution is 2.22. The third kappa shape index (κ3) is 3.45. The molecule has 7 heteroatoms. The highest BCUT2D eigenvalue weighted by Gasteiger charge is 2.17. The fourth-order valence-electron chi connectivity index (χ4n) is 2.31. The summed E-state index contributed by atoms with van der Waals surface area (Å²) in [4.78, 5) is 8.99. The van der Waals surface area contributed by atoms with Gasteiger partial charge in [0.25, 0.3) is 0 Å². The van der Waals surface area contributed by atoms with E-state index in [4.69, 9.17) is 11.6 Å². The molecule has 1 aliphatic rings. The van der Waals surface area contributed by atoms with Crippen LogP contribution in [0.4, 0.5) is 17.5 Å². The normalized spacial score (nSPS) is 15.9. The average molecular weight is 319 g/mol. The number of halogens is 1. The Morgan fingerprint density at radius 2 is 1.95 bits per heavy atom. The fraction of sp³-hybridized carbons (Fsp3) is 0.400. The van der Waals surface area contributed by atoms with E-state index in [-0.39, 0.29) is 0 Å². The first kappa shape index (κ1) is 15.0. The van der Waals surface area contributed by atoms with Crippen LogP contribution in [0, 0.1) is 6.92 Å². The number of aromatic nitrogens is 3. The maximum atomic E-state index is 6.15. The zero-order valence-corrected chi connectivity index (χ0v) is 13.5. The van der Waals surface area contributed by atoms with Gasteiger partial charge in [-0.15, -0.1) is 5.10 Å². The van der Waals surface area contributed by atoms with E-state index in [1.54, 1.807) is 6.20 Å². The highest BCUT2D eigenvalue weighted by atomic mass is 35.5. The number of rotatable bonds is 3. The lowest BCUT2D eigenvalue weighted by Crippen LogP contribution is -2.45. The summed E-state index contributed by atoms with van der Waals surface area (Å²) in [6, 6.07) is 5.83. The number of hydrogen-bond donors (Lipinski definition) is 1. The van der Waals surface area contributed by atoms with Gasteiger partial charge in [0.15, 0.2) is 5.82 Å². The van der Waals surface area contributed by atoms with Gasteiger partial charge in [-0.3, -0.25) is 0 Å². The van der Waals surface area contributed by atoms with Gasteiger partial charge >= 0.3 is 0 Å². The first-order chi connectivity index (χ1) is 10.6. The molecule has 116 valence electrons. The topological polar surface area (TPSA) is 57.2 Å². The molecule has 0 radical (unpaired) electrons. The lowest BCUT2D eigenvalue weighted by Gasteiger charge is -2.32. The first-order valence-electron chi connectivity index (χ1n) is 7.28. The van der Waals surface area contributed by atoms with Crippen LogP contribution in [0.2, 0.25) is 5.02 Å². The van der Waals surface area contributed by atoms with Crippen LogP contribution in [-0.4, -0.2) is 53.3 Å². The van der Waals surface area contributed by atoms with Crippen LogP contribution < -0.4 is 10.2 Å². The molecule has 2 heterocycles. The molecule has 0 bridgehead atoms. The Kier molecular flexibility index (Phi) is 4.40. The van der Waals surface area contributed by atoms with E-state index in [1.165, 1.54) is 0 Å². The van der Waals surface area contributed by atoms with Gasteiger partial charge in [-0.1, -0.05) is 17.7 Å². The van der Waals surface area contributed by atoms with E-state index in [2.05, 4.69) is 37.3 Å². The van der Waals surface area contributed by atoms with Crippen LogP contribution in [0.15, 0.2) is 24.4 Å². The summed E-state index contributed by atoms with van der Waals surface area (Å²) in [7, 11) is 2.12. The van der Waals surface area contributed by atoms with Gasteiger partial charge in [0.1, 0.15) is 0 Å². The Labute approximate surface area is 135 Å². The van der Waals surface area contributed by atoms with E-state index < -0.39 is 0 Å². The standard InChI is InChI=1S/C15H19ClN6/c1-11-3-4-12(9-13(11)16)18-14-10-17-20-15(19-14)22-7-5-21(2)6-8-22/h3-4,9-10H,5-8H2,1-2H3,(H,18,19,20). The molecule has 3 rings (SSSR count). The minimum absolute atomic E-state index is 0.663. The molecule has 0 amide bonds. The maximum Gasteiger partial charge on any atom is 0.247 e. The van der Waals surface area contributed by atoms with Gasteiger partial charge in [-0.2, -0.15) is 10.1 Å². The van der Waals surface area contributed by atoms with Crippen LogP contribution in [0.5, 0.6) is 0 Å². The Bertz CT molecular complexity index is 654. The first-order valence-corrected chi connectivity index (χ1v) is 7.66. The van der Waals surface area contributed by atoms with Crippen molar-refractivity contribution in [3.8, 4) is 0 Å². The van der Waals surface area contributed by atoms with Crippen LogP contribution in [-0.2, 0) is 0 Å². The fourth-order valence-corrected chi connectivity index (χ4v) is 2.49. The van der Waals surface area contributed by atoms with Gasteiger partial charge in [0.2, 0.25) is 5.95 Å². The molecule has 1 N–H and O–H groups in total. The number of nitrogens with one attached hydrogen (secondary N) is 1. The number of hydrogen-bond acceptors (Lipinski definition) is 6. The van der Waals surface area contributed by atoms with Crippen molar-refractivity contribution in [3.63, 3.8) is 0 Å². The largest absolute Gasteiger partial charge is 0.339 e. The molecule has 2 aromatic rings. The summed E-state index contributed by atoms with van der Waals surface area (Å²) >= 11 is 6.15. The second kappa shape index (κ2) is 6.46. The Morgan fingerprint density at radius 1 is 1.18 bits per heavy atom. The molecule has 6 nitrogen and oxygen atoms in total. The molecule has 1 aliphatic heterocycles. The summed E-state index contributed by atoms with van der Waals surface area (Å²) in [5.74, 6) is 1.33. The predicted molar refractivity (Wildman–Crippen MR) is 89.0 cm³/mol. The van der Waals surface area contributed by atoms with Crippen molar-refractivity contribution in [1.29, 1.82) is 0 Å². The Balaban J connectivity index is 1.74. The van der Waals surface area contributed by atoms with Crippen molar-refractivity contribution in [2.45, 2.75) is 6.92 Å². The van der Waals surface area contributed by atoms with Crippen LogP contribution in [0.25, 0.3) is 0 Å². The average Bonchev–Trinajstić information content (AvgIpc) is 2.52. The van der Waals surface area contributed by atoms with Gasteiger partial charge < -0.3 is 15.1 Å². The molecule has 0 unspecified atom stereocenters. The Hall–Kier alpha value is -1.92. The third-order valence-electron chi connectivity index (χ3n) is 3.78. The summed E-state index contributed by atoms with van der Waals surface area (Å²) in [5, 5.41) is 12.1. The van der Waals surface area contributed by atoms with E-state index in [9.17, 15) is 0 Å². The Morgan fingerprint density at radius 3 is 2.68 bits per heavy atom. The van der Waals surface area contributed by atoms with E-state index in [0.717, 1.165) is 42.5 Å². The van der Waals surface area contributed by atoms with Gasteiger partial charge in [0.05, 0.1) is 6.20 Å². The highest BCUT2D eigenvalue weighted by molar-refractivity contribution is 6.31. The molecular formula is C15H19ClN6. The molecule has 0 spiro atoms. The summed E-state index contributed by atoms with van der Waals surface area (Å²) in [6.45, 7) is 5.82. The SMILES string of the molecule is Cc1ccc(Nc2cnnc(N3CCN(C)CC3)n2)cc1Cl. The molecule has 0 aliphatic carbocycles. The summed E-state index contributed by atoms with van der Waals surface area (Å²) in [6.07, 6.45) is 1.62. The zero-order chi connectivity index (χ0) is 15.5. The van der Waals surface area contributed by atoms with E-state index in [1.807, 2.05) is 25.1 Å². The van der Waals surface area contributed by atoms with Crippen molar-refractivity contribution in [2.24, 2.45) is 0 Å². The molecule has 0 saturated carbocycles. The molecule has 22 heavy (non-hydrogen) atoms. The van der Waals surface area contributed by atoms with Crippen molar-refractivity contribution in [2.75, 3.05) is 43.4 Å². The quantitative estimate of drug-likeness (QED) is 0.937. The number of piperazine rings is 1. The van der Waals surface area contributed by atoms with Crippen molar-refractivity contribution in [3.05, 3.63) is 35.0 Å².